The maximum absolute atomic E-state index is 12.3. The zero-order valence-electron chi connectivity index (χ0n) is 29.5. The molecule has 0 amide bonds. The van der Waals surface area contributed by atoms with Crippen molar-refractivity contribution in [3.05, 3.63) is 74.9 Å². The van der Waals surface area contributed by atoms with Crippen LogP contribution in [-0.4, -0.2) is 71.7 Å². The lowest BCUT2D eigenvalue weighted by Gasteiger charge is -2.40. The number of halogens is 1. The molecule has 2 aromatic carbocycles. The van der Waals surface area contributed by atoms with Crippen LogP contribution in [0.5, 0.6) is 0 Å². The first kappa shape index (κ1) is 34.7. The van der Waals surface area contributed by atoms with E-state index in [0.717, 1.165) is 110 Å². The van der Waals surface area contributed by atoms with Gasteiger partial charge in [-0.3, -0.25) is 9.69 Å². The number of aromatic nitrogens is 1. The quantitative estimate of drug-likeness (QED) is 0.200. The number of nitrogens with one attached hydrogen (secondary N) is 1. The highest BCUT2D eigenvalue weighted by molar-refractivity contribution is 6.31. The normalized spacial score (nSPS) is 18.5. The molecular formula is C40H54ClN5O2. The van der Waals surface area contributed by atoms with Gasteiger partial charge in [-0.15, -0.1) is 0 Å². The van der Waals surface area contributed by atoms with Gasteiger partial charge in [-0.1, -0.05) is 62.2 Å². The highest BCUT2D eigenvalue weighted by Gasteiger charge is 2.31. The highest BCUT2D eigenvalue weighted by Crippen LogP contribution is 2.44. The maximum atomic E-state index is 12.3. The Morgan fingerprint density at radius 3 is 2.46 bits per heavy atom. The second-order valence-electron chi connectivity index (χ2n) is 15.1. The second kappa shape index (κ2) is 15.2. The monoisotopic (exact) mass is 671 g/mol. The molecule has 1 aromatic heterocycles. The summed E-state index contributed by atoms with van der Waals surface area (Å²) >= 11 is 6.61. The number of carbonyl (C=O) groups is 1. The lowest BCUT2D eigenvalue weighted by atomic mass is 9.82. The molecule has 7 nitrogen and oxygen atoms in total. The molecule has 0 saturated carbocycles. The van der Waals surface area contributed by atoms with Crippen LogP contribution in [0.15, 0.2) is 36.4 Å². The number of pyridine rings is 1. The summed E-state index contributed by atoms with van der Waals surface area (Å²) in [5.74, 6) is 0.0673. The summed E-state index contributed by atoms with van der Waals surface area (Å²) in [4.78, 5) is 24.9. The smallest absolute Gasteiger partial charge is 0.307 e. The van der Waals surface area contributed by atoms with Gasteiger partial charge in [0.2, 0.25) is 0 Å². The highest BCUT2D eigenvalue weighted by atomic mass is 35.5. The standard InChI is InChI=1S/C40H54ClN5O2/c1-28-10-8-11-35(41)34(28)27-45-21-14-30-24-31(12-13-32(30)26-45)37-38(46-22-15-40(3,4)16-23-46)33(25-36(47)48)29(2)43-39(37)42-17-9-20-44-18-6-5-7-19-44/h8,10-13,24H,5-7,9,14-23,25-27H2,1-4H3,(H,42,43)(H,47,48). The fourth-order valence-electron chi connectivity index (χ4n) is 7.86. The number of benzene rings is 2. The van der Waals surface area contributed by atoms with Crippen molar-refractivity contribution in [1.82, 2.24) is 14.8 Å². The van der Waals surface area contributed by atoms with Crippen LogP contribution in [-0.2, 0) is 30.7 Å². The van der Waals surface area contributed by atoms with Gasteiger partial charge in [0.05, 0.1) is 12.1 Å². The topological polar surface area (TPSA) is 71.9 Å². The van der Waals surface area contributed by atoms with Gasteiger partial charge in [0.15, 0.2) is 0 Å². The molecule has 6 rings (SSSR count). The average Bonchev–Trinajstić information content (AvgIpc) is 3.06. The molecule has 0 aliphatic carbocycles. The number of anilines is 2. The number of piperidine rings is 2. The van der Waals surface area contributed by atoms with Gasteiger partial charge in [-0.25, -0.2) is 4.98 Å². The summed E-state index contributed by atoms with van der Waals surface area (Å²) in [6.07, 6.45) is 8.07. The fourth-order valence-corrected chi connectivity index (χ4v) is 8.14. The molecule has 0 radical (unpaired) electrons. The van der Waals surface area contributed by atoms with E-state index in [9.17, 15) is 9.90 Å². The minimum atomic E-state index is -0.814. The Morgan fingerprint density at radius 2 is 1.73 bits per heavy atom. The molecule has 0 atom stereocenters. The molecule has 3 aliphatic rings. The first-order chi connectivity index (χ1) is 23.1. The van der Waals surface area contributed by atoms with Crippen LogP contribution in [0.3, 0.4) is 0 Å². The average molecular weight is 672 g/mol. The van der Waals surface area contributed by atoms with Crippen molar-refractivity contribution >= 4 is 29.1 Å². The van der Waals surface area contributed by atoms with E-state index in [-0.39, 0.29) is 11.8 Å². The van der Waals surface area contributed by atoms with Crippen LogP contribution in [0, 0.1) is 19.3 Å². The van der Waals surface area contributed by atoms with E-state index >= 15 is 0 Å². The van der Waals surface area contributed by atoms with Crippen LogP contribution in [0.25, 0.3) is 11.1 Å². The third-order valence-corrected chi connectivity index (χ3v) is 11.3. The number of aryl methyl sites for hydroxylation is 2. The SMILES string of the molecule is Cc1cccc(Cl)c1CN1CCc2cc(-c3c(NCCCN4CCCCC4)nc(C)c(CC(=O)O)c3N3CCC(C)(C)CC3)ccc2C1. The zero-order valence-corrected chi connectivity index (χ0v) is 30.3. The Bertz CT molecular complexity index is 1590. The minimum absolute atomic E-state index is 0.0301. The molecule has 258 valence electrons. The Morgan fingerprint density at radius 1 is 0.958 bits per heavy atom. The molecule has 2 N–H and O–H groups in total. The number of hydrogen-bond acceptors (Lipinski definition) is 6. The van der Waals surface area contributed by atoms with Crippen LogP contribution in [0.4, 0.5) is 11.5 Å². The van der Waals surface area contributed by atoms with Crippen LogP contribution in [0.1, 0.15) is 85.9 Å². The molecule has 3 aromatic rings. The fraction of sp³-hybridized carbons (Fsp3) is 0.550. The summed E-state index contributed by atoms with van der Waals surface area (Å²) in [7, 11) is 0. The molecule has 0 spiro atoms. The molecule has 2 fully saturated rings. The van der Waals surface area contributed by atoms with E-state index < -0.39 is 5.97 Å². The van der Waals surface area contributed by atoms with Gasteiger partial charge in [-0.05, 0) is 111 Å². The molecule has 0 bridgehead atoms. The maximum Gasteiger partial charge on any atom is 0.307 e. The van der Waals surface area contributed by atoms with Crippen molar-refractivity contribution < 1.29 is 9.90 Å². The third kappa shape index (κ3) is 8.18. The Labute approximate surface area is 292 Å². The summed E-state index contributed by atoms with van der Waals surface area (Å²) in [6.45, 7) is 17.6. The van der Waals surface area contributed by atoms with Crippen LogP contribution < -0.4 is 10.2 Å². The predicted molar refractivity (Wildman–Crippen MR) is 198 cm³/mol. The number of aliphatic carboxylic acids is 1. The van der Waals surface area contributed by atoms with E-state index in [0.29, 0.717) is 0 Å². The van der Waals surface area contributed by atoms with Crippen molar-refractivity contribution in [2.75, 3.05) is 56.0 Å². The largest absolute Gasteiger partial charge is 0.481 e. The second-order valence-corrected chi connectivity index (χ2v) is 15.5. The molecule has 8 heteroatoms. The Hall–Kier alpha value is -3.13. The van der Waals surface area contributed by atoms with Crippen molar-refractivity contribution in [2.24, 2.45) is 5.41 Å². The summed E-state index contributed by atoms with van der Waals surface area (Å²) in [5, 5.41) is 14.7. The third-order valence-electron chi connectivity index (χ3n) is 11.0. The van der Waals surface area contributed by atoms with Gasteiger partial charge in [0.1, 0.15) is 5.82 Å². The summed E-state index contributed by atoms with van der Waals surface area (Å²) in [6, 6.07) is 13.0. The van der Waals surface area contributed by atoms with E-state index in [1.165, 1.54) is 54.6 Å². The Balaban J connectivity index is 1.34. The van der Waals surface area contributed by atoms with Crippen molar-refractivity contribution in [1.29, 1.82) is 0 Å². The van der Waals surface area contributed by atoms with Gasteiger partial charge in [0.25, 0.3) is 0 Å². The van der Waals surface area contributed by atoms with Gasteiger partial charge < -0.3 is 20.2 Å². The minimum Gasteiger partial charge on any atom is -0.481 e. The van der Waals surface area contributed by atoms with E-state index in [2.05, 4.69) is 65.1 Å². The van der Waals surface area contributed by atoms with Crippen LogP contribution >= 0.6 is 11.6 Å². The van der Waals surface area contributed by atoms with E-state index in [1.54, 1.807) is 0 Å². The van der Waals surface area contributed by atoms with Gasteiger partial charge in [-0.2, -0.15) is 0 Å². The first-order valence-electron chi connectivity index (χ1n) is 18.1. The van der Waals surface area contributed by atoms with Gasteiger partial charge >= 0.3 is 5.97 Å². The summed E-state index contributed by atoms with van der Waals surface area (Å²) in [5.41, 5.74) is 10.3. The molecule has 4 heterocycles. The number of rotatable bonds is 11. The van der Waals surface area contributed by atoms with Crippen molar-refractivity contribution in [3.8, 4) is 11.1 Å². The number of hydrogen-bond donors (Lipinski definition) is 2. The number of carboxylic acid groups (broad SMARTS) is 1. The number of carboxylic acids is 1. The zero-order chi connectivity index (χ0) is 33.8. The van der Waals surface area contributed by atoms with Crippen LogP contribution in [0.2, 0.25) is 5.02 Å². The van der Waals surface area contributed by atoms with Crippen molar-refractivity contribution in [3.63, 3.8) is 0 Å². The first-order valence-corrected chi connectivity index (χ1v) is 18.5. The molecule has 2 saturated heterocycles. The number of nitrogens with zero attached hydrogens (tertiary/aromatic N) is 4. The van der Waals surface area contributed by atoms with Gasteiger partial charge in [0, 0.05) is 61.1 Å². The molecule has 0 unspecified atom stereocenters. The number of fused-ring (bicyclic) bond motifs is 1. The molecular weight excluding hydrogens is 618 g/mol. The summed E-state index contributed by atoms with van der Waals surface area (Å²) < 4.78 is 0. The molecule has 3 aliphatic heterocycles. The van der Waals surface area contributed by atoms with E-state index in [4.69, 9.17) is 16.6 Å². The predicted octanol–water partition coefficient (Wildman–Crippen LogP) is 8.12. The van der Waals surface area contributed by atoms with E-state index in [1.807, 2.05) is 19.1 Å². The lowest BCUT2D eigenvalue weighted by Crippen LogP contribution is -2.38. The molecule has 48 heavy (non-hydrogen) atoms. The lowest BCUT2D eigenvalue weighted by molar-refractivity contribution is -0.136. The number of likely N-dealkylation sites (tertiary alicyclic amines) is 1. The Kier molecular flexibility index (Phi) is 11.0. The van der Waals surface area contributed by atoms with Crippen molar-refractivity contribution in [2.45, 2.75) is 92.2 Å².